The second-order valence-electron chi connectivity index (χ2n) is 8.53. The molecule has 3 N–H and O–H groups in total. The molecule has 0 saturated heterocycles. The number of amides is 3. The molecular weight excluding hydrogens is 388 g/mol. The van der Waals surface area contributed by atoms with Crippen molar-refractivity contribution in [2.75, 3.05) is 5.32 Å². The van der Waals surface area contributed by atoms with Crippen LogP contribution < -0.4 is 25.4 Å². The Morgan fingerprint density at radius 1 is 1.30 bits per heavy atom. The lowest BCUT2D eigenvalue weighted by Crippen LogP contribution is -2.36. The maximum atomic E-state index is 12.1. The standard InChI is InChI=1S/C21H22N4O5/c1-21(2,3)30-20(27)24-16-15-11-8-10(4-5-13(11)29-17(15)16)28-14-6-7-22-18-12(14)9-23-19(26)25-18/h4-8,15-17H,9H2,1-3H3,(H,24,27)(H2,22,23,25,26)/t15-,16-,17-/m0/s1. The highest BCUT2D eigenvalue weighted by Crippen LogP contribution is 2.54. The van der Waals surface area contributed by atoms with Crippen LogP contribution >= 0.6 is 0 Å². The molecule has 30 heavy (non-hydrogen) atoms. The van der Waals surface area contributed by atoms with Crippen molar-refractivity contribution in [1.82, 2.24) is 15.6 Å². The van der Waals surface area contributed by atoms with Crippen LogP contribution in [0.25, 0.3) is 0 Å². The minimum absolute atomic E-state index is 0.0726. The van der Waals surface area contributed by atoms with Crippen molar-refractivity contribution >= 4 is 17.9 Å². The van der Waals surface area contributed by atoms with Gasteiger partial charge in [-0.3, -0.25) is 5.32 Å². The van der Waals surface area contributed by atoms with Crippen LogP contribution in [0.5, 0.6) is 17.2 Å². The van der Waals surface area contributed by atoms with Crippen molar-refractivity contribution in [2.45, 2.75) is 51.0 Å². The molecule has 1 saturated carbocycles. The zero-order valence-electron chi connectivity index (χ0n) is 16.8. The number of carbonyl (C=O) groups excluding carboxylic acids is 2. The highest BCUT2D eigenvalue weighted by atomic mass is 16.6. The summed E-state index contributed by atoms with van der Waals surface area (Å²) in [7, 11) is 0. The molecule has 3 amide bonds. The number of fused-ring (bicyclic) bond motifs is 4. The monoisotopic (exact) mass is 410 g/mol. The molecule has 0 spiro atoms. The molecule has 5 rings (SSSR count). The first-order valence-electron chi connectivity index (χ1n) is 9.79. The third-order valence-electron chi connectivity index (χ3n) is 5.14. The van der Waals surface area contributed by atoms with Crippen molar-refractivity contribution in [3.63, 3.8) is 0 Å². The second kappa shape index (κ2) is 6.51. The van der Waals surface area contributed by atoms with Gasteiger partial charge in [0.25, 0.3) is 0 Å². The molecule has 0 unspecified atom stereocenters. The normalized spacial score (nSPS) is 23.0. The van der Waals surface area contributed by atoms with Crippen LogP contribution in [0.2, 0.25) is 0 Å². The van der Waals surface area contributed by atoms with Crippen molar-refractivity contribution < 1.29 is 23.8 Å². The number of hydrogen-bond donors (Lipinski definition) is 3. The van der Waals surface area contributed by atoms with E-state index in [0.717, 1.165) is 16.9 Å². The summed E-state index contributed by atoms with van der Waals surface area (Å²) in [4.78, 5) is 27.7. The number of nitrogens with zero attached hydrogens (tertiary/aromatic N) is 1. The quantitative estimate of drug-likeness (QED) is 0.716. The first-order chi connectivity index (χ1) is 14.3. The highest BCUT2D eigenvalue weighted by Gasteiger charge is 2.60. The SMILES string of the molecule is CC(C)(C)OC(=O)N[C@@H]1[C@H]2Oc3ccc(Oc4ccnc5c4CNC(=O)N5)cc3[C@@H]12. The van der Waals surface area contributed by atoms with Gasteiger partial charge in [0.15, 0.2) is 0 Å². The van der Waals surface area contributed by atoms with Crippen LogP contribution in [0.15, 0.2) is 30.5 Å². The Hall–Kier alpha value is -3.49. The van der Waals surface area contributed by atoms with E-state index in [4.69, 9.17) is 14.2 Å². The number of pyridine rings is 1. The number of ether oxygens (including phenoxy) is 3. The van der Waals surface area contributed by atoms with Gasteiger partial charge in [-0.2, -0.15) is 0 Å². The average Bonchev–Trinajstić information content (AvgIpc) is 3.16. The lowest BCUT2D eigenvalue weighted by Gasteiger charge is -2.20. The van der Waals surface area contributed by atoms with Gasteiger partial charge in [-0.1, -0.05) is 0 Å². The van der Waals surface area contributed by atoms with E-state index in [1.165, 1.54) is 0 Å². The summed E-state index contributed by atoms with van der Waals surface area (Å²) in [6.07, 6.45) is 1.06. The van der Waals surface area contributed by atoms with Gasteiger partial charge < -0.3 is 24.8 Å². The number of alkyl carbamates (subject to hydrolysis) is 1. The van der Waals surface area contributed by atoms with Gasteiger partial charge >= 0.3 is 12.1 Å². The third-order valence-corrected chi connectivity index (χ3v) is 5.14. The van der Waals surface area contributed by atoms with Gasteiger partial charge in [0.1, 0.15) is 34.8 Å². The van der Waals surface area contributed by atoms with Crippen molar-refractivity contribution in [1.29, 1.82) is 0 Å². The molecule has 9 heteroatoms. The van der Waals surface area contributed by atoms with Crippen LogP contribution in [0.1, 0.15) is 37.8 Å². The number of benzene rings is 1. The molecule has 0 bridgehead atoms. The Labute approximate surface area is 173 Å². The van der Waals surface area contributed by atoms with E-state index in [1.54, 1.807) is 12.3 Å². The molecule has 2 aliphatic heterocycles. The number of aromatic nitrogens is 1. The van der Waals surface area contributed by atoms with Gasteiger partial charge in [-0.25, -0.2) is 14.6 Å². The van der Waals surface area contributed by atoms with Crippen LogP contribution in [0.4, 0.5) is 15.4 Å². The largest absolute Gasteiger partial charge is 0.487 e. The molecule has 3 heterocycles. The smallest absolute Gasteiger partial charge is 0.408 e. The predicted molar refractivity (Wildman–Crippen MR) is 107 cm³/mol. The molecule has 9 nitrogen and oxygen atoms in total. The minimum Gasteiger partial charge on any atom is -0.487 e. The molecule has 1 aromatic carbocycles. The Kier molecular flexibility index (Phi) is 4.02. The number of nitrogens with one attached hydrogen (secondary N) is 3. The van der Waals surface area contributed by atoms with Crippen LogP contribution in [0.3, 0.4) is 0 Å². The zero-order chi connectivity index (χ0) is 21.0. The van der Waals surface area contributed by atoms with E-state index in [-0.39, 0.29) is 24.1 Å². The highest BCUT2D eigenvalue weighted by molar-refractivity contribution is 5.91. The fraction of sp³-hybridized carbons (Fsp3) is 0.381. The van der Waals surface area contributed by atoms with Crippen LogP contribution in [0, 0.1) is 0 Å². The number of urea groups is 1. The molecule has 3 atom stereocenters. The molecule has 3 aliphatic rings. The van der Waals surface area contributed by atoms with Crippen molar-refractivity contribution in [3.05, 3.63) is 41.6 Å². The Morgan fingerprint density at radius 3 is 2.93 bits per heavy atom. The number of rotatable bonds is 3. The summed E-state index contributed by atoms with van der Waals surface area (Å²) in [5, 5.41) is 8.27. The van der Waals surface area contributed by atoms with E-state index >= 15 is 0 Å². The Balaban J connectivity index is 1.31. The molecule has 1 aliphatic carbocycles. The third kappa shape index (κ3) is 3.36. The summed E-state index contributed by atoms with van der Waals surface area (Å²) in [5.74, 6) is 2.62. The fourth-order valence-electron chi connectivity index (χ4n) is 3.82. The van der Waals surface area contributed by atoms with E-state index in [2.05, 4.69) is 20.9 Å². The Bertz CT molecular complexity index is 1050. The van der Waals surface area contributed by atoms with Gasteiger partial charge in [-0.15, -0.1) is 0 Å². The second-order valence-corrected chi connectivity index (χ2v) is 8.53. The van der Waals surface area contributed by atoms with E-state index < -0.39 is 11.7 Å². The average molecular weight is 410 g/mol. The summed E-state index contributed by atoms with van der Waals surface area (Å²) in [5.41, 5.74) is 1.22. The lowest BCUT2D eigenvalue weighted by atomic mass is 10.1. The summed E-state index contributed by atoms with van der Waals surface area (Å²) in [6, 6.07) is 6.99. The molecule has 0 radical (unpaired) electrons. The first-order valence-corrected chi connectivity index (χ1v) is 9.79. The predicted octanol–water partition coefficient (Wildman–Crippen LogP) is 3.26. The van der Waals surface area contributed by atoms with E-state index in [0.29, 0.717) is 23.9 Å². The topological polar surface area (TPSA) is 111 Å². The molecule has 1 fully saturated rings. The summed E-state index contributed by atoms with van der Waals surface area (Å²) >= 11 is 0. The molecule has 156 valence electrons. The number of hydrogen-bond acceptors (Lipinski definition) is 6. The van der Waals surface area contributed by atoms with Crippen molar-refractivity contribution in [3.8, 4) is 17.2 Å². The van der Waals surface area contributed by atoms with Crippen LogP contribution in [-0.4, -0.2) is 34.9 Å². The lowest BCUT2D eigenvalue weighted by molar-refractivity contribution is 0.0514. The molecule has 2 aromatic rings. The van der Waals surface area contributed by atoms with Gasteiger partial charge in [-0.05, 0) is 45.0 Å². The molecule has 1 aromatic heterocycles. The number of carbonyl (C=O) groups is 2. The summed E-state index contributed by atoms with van der Waals surface area (Å²) < 4.78 is 17.4. The maximum Gasteiger partial charge on any atom is 0.408 e. The van der Waals surface area contributed by atoms with E-state index in [9.17, 15) is 9.59 Å². The minimum atomic E-state index is -0.550. The van der Waals surface area contributed by atoms with Gasteiger partial charge in [0.05, 0.1) is 24.1 Å². The van der Waals surface area contributed by atoms with Gasteiger partial charge in [0, 0.05) is 11.8 Å². The van der Waals surface area contributed by atoms with Crippen molar-refractivity contribution in [2.24, 2.45) is 0 Å². The Morgan fingerprint density at radius 2 is 2.13 bits per heavy atom. The maximum absolute atomic E-state index is 12.1. The summed E-state index contributed by atoms with van der Waals surface area (Å²) in [6.45, 7) is 5.82. The van der Waals surface area contributed by atoms with Gasteiger partial charge in [0.2, 0.25) is 0 Å². The van der Waals surface area contributed by atoms with E-state index in [1.807, 2.05) is 39.0 Å². The van der Waals surface area contributed by atoms with Crippen LogP contribution in [-0.2, 0) is 11.3 Å². The fourth-order valence-corrected chi connectivity index (χ4v) is 3.82. The zero-order valence-corrected chi connectivity index (χ0v) is 16.8. The number of anilines is 1. The first kappa shape index (κ1) is 18.5. The molecular formula is C21H22N4O5.